The van der Waals surface area contributed by atoms with Gasteiger partial charge in [0, 0.05) is 14.1 Å². The molecule has 0 radical (unpaired) electrons. The molecular weight excluding hydrogens is 266 g/mol. The van der Waals surface area contributed by atoms with Crippen LogP contribution in [0.2, 0.25) is 0 Å². The lowest BCUT2D eigenvalue weighted by atomic mass is 10.2. The molecule has 0 atom stereocenters. The normalized spacial score (nSPS) is 10.8. The van der Waals surface area contributed by atoms with Gasteiger partial charge in [-0.05, 0) is 18.6 Å². The lowest BCUT2D eigenvalue weighted by Gasteiger charge is -2.09. The summed E-state index contributed by atoms with van der Waals surface area (Å²) >= 11 is 0. The van der Waals surface area contributed by atoms with Crippen LogP contribution in [0.5, 0.6) is 5.75 Å². The van der Waals surface area contributed by atoms with Crippen LogP contribution in [0.15, 0.2) is 30.5 Å². The molecule has 0 spiro atoms. The smallest absolute Gasteiger partial charge is 0.170 e. The first-order valence-corrected chi connectivity index (χ1v) is 6.74. The Balaban J connectivity index is 1.90. The number of aryl methyl sites for hydroxylation is 2. The van der Waals surface area contributed by atoms with Gasteiger partial charge in [-0.25, -0.2) is 9.97 Å². The number of nitrogens with zero attached hydrogens (tertiary/aromatic N) is 4. The summed E-state index contributed by atoms with van der Waals surface area (Å²) in [6, 6.07) is 7.89. The monoisotopic (exact) mass is 283 g/mol. The molecule has 0 aliphatic rings. The lowest BCUT2D eigenvalue weighted by molar-refractivity contribution is 0.294. The highest BCUT2D eigenvalue weighted by Gasteiger charge is 2.11. The average molecular weight is 283 g/mol. The van der Waals surface area contributed by atoms with Crippen molar-refractivity contribution >= 4 is 16.9 Å². The van der Waals surface area contributed by atoms with E-state index in [1.54, 1.807) is 10.9 Å². The Hall–Kier alpha value is -2.63. The number of fused-ring (bicyclic) bond motifs is 1. The van der Waals surface area contributed by atoms with Gasteiger partial charge in [0.25, 0.3) is 0 Å². The van der Waals surface area contributed by atoms with E-state index in [9.17, 15) is 0 Å². The van der Waals surface area contributed by atoms with Gasteiger partial charge in [0.2, 0.25) is 0 Å². The number of benzene rings is 1. The number of para-hydroxylation sites is 1. The van der Waals surface area contributed by atoms with Crippen LogP contribution in [0.3, 0.4) is 0 Å². The molecule has 0 saturated heterocycles. The number of anilines is 1. The fraction of sp³-hybridized carbons (Fsp3) is 0.267. The Morgan fingerprint density at radius 2 is 2.05 bits per heavy atom. The molecule has 6 heteroatoms. The molecule has 1 aromatic carbocycles. The van der Waals surface area contributed by atoms with E-state index in [1.807, 2.05) is 45.3 Å². The summed E-state index contributed by atoms with van der Waals surface area (Å²) in [7, 11) is 3.70. The zero-order valence-corrected chi connectivity index (χ0v) is 12.3. The molecule has 2 heterocycles. The van der Waals surface area contributed by atoms with Crippen molar-refractivity contribution < 1.29 is 4.74 Å². The Labute approximate surface area is 122 Å². The van der Waals surface area contributed by atoms with Gasteiger partial charge in [-0.1, -0.05) is 18.2 Å². The molecule has 0 amide bonds. The third-order valence-corrected chi connectivity index (χ3v) is 3.33. The van der Waals surface area contributed by atoms with Crippen LogP contribution in [-0.2, 0) is 13.7 Å². The number of rotatable bonds is 4. The molecule has 0 saturated carbocycles. The van der Waals surface area contributed by atoms with E-state index in [0.29, 0.717) is 12.4 Å². The molecule has 0 aliphatic heterocycles. The minimum absolute atomic E-state index is 0.320. The van der Waals surface area contributed by atoms with Crippen molar-refractivity contribution in [3.63, 3.8) is 0 Å². The van der Waals surface area contributed by atoms with Gasteiger partial charge >= 0.3 is 0 Å². The molecule has 6 nitrogen and oxygen atoms in total. The third-order valence-electron chi connectivity index (χ3n) is 3.33. The SMILES string of the molecule is CNc1nc(COc2ccccc2C)nc2c1cnn2C. The average Bonchev–Trinajstić information content (AvgIpc) is 2.87. The maximum Gasteiger partial charge on any atom is 0.170 e. The maximum absolute atomic E-state index is 5.81. The summed E-state index contributed by atoms with van der Waals surface area (Å²) in [5.74, 6) is 2.23. The van der Waals surface area contributed by atoms with Gasteiger partial charge in [-0.2, -0.15) is 5.10 Å². The quantitative estimate of drug-likeness (QED) is 0.796. The fourth-order valence-corrected chi connectivity index (χ4v) is 2.18. The van der Waals surface area contributed by atoms with E-state index >= 15 is 0 Å². The first-order chi connectivity index (χ1) is 10.2. The van der Waals surface area contributed by atoms with E-state index in [2.05, 4.69) is 20.4 Å². The van der Waals surface area contributed by atoms with E-state index < -0.39 is 0 Å². The van der Waals surface area contributed by atoms with E-state index in [-0.39, 0.29) is 0 Å². The van der Waals surface area contributed by atoms with Gasteiger partial charge in [0.1, 0.15) is 18.2 Å². The van der Waals surface area contributed by atoms with Crippen molar-refractivity contribution in [3.05, 3.63) is 41.9 Å². The van der Waals surface area contributed by atoms with Crippen molar-refractivity contribution in [1.29, 1.82) is 0 Å². The van der Waals surface area contributed by atoms with Crippen LogP contribution in [-0.4, -0.2) is 26.8 Å². The summed E-state index contributed by atoms with van der Waals surface area (Å²) in [5.41, 5.74) is 1.88. The standard InChI is InChI=1S/C15H17N5O/c1-10-6-4-5-7-12(10)21-9-13-18-14(16-2)11-8-17-20(3)15(11)19-13/h4-8H,9H2,1-3H3,(H,16,18,19). The molecule has 0 unspecified atom stereocenters. The molecule has 3 aromatic rings. The van der Waals surface area contributed by atoms with Gasteiger partial charge < -0.3 is 10.1 Å². The number of hydrogen-bond acceptors (Lipinski definition) is 5. The van der Waals surface area contributed by atoms with Crippen molar-refractivity contribution in [2.75, 3.05) is 12.4 Å². The van der Waals surface area contributed by atoms with Crippen LogP contribution >= 0.6 is 0 Å². The van der Waals surface area contributed by atoms with E-state index in [0.717, 1.165) is 28.2 Å². The highest BCUT2D eigenvalue weighted by molar-refractivity contribution is 5.86. The zero-order valence-electron chi connectivity index (χ0n) is 12.3. The molecule has 2 aromatic heterocycles. The first kappa shape index (κ1) is 13.4. The van der Waals surface area contributed by atoms with Crippen molar-refractivity contribution in [2.24, 2.45) is 7.05 Å². The first-order valence-electron chi connectivity index (χ1n) is 6.74. The van der Waals surface area contributed by atoms with Gasteiger partial charge in [0.05, 0.1) is 11.6 Å². The zero-order chi connectivity index (χ0) is 14.8. The van der Waals surface area contributed by atoms with Crippen molar-refractivity contribution in [3.8, 4) is 5.75 Å². The molecular formula is C15H17N5O. The minimum Gasteiger partial charge on any atom is -0.485 e. The van der Waals surface area contributed by atoms with Crippen molar-refractivity contribution in [2.45, 2.75) is 13.5 Å². The van der Waals surface area contributed by atoms with Crippen molar-refractivity contribution in [1.82, 2.24) is 19.7 Å². The Bertz CT molecular complexity index is 781. The molecule has 1 N–H and O–H groups in total. The van der Waals surface area contributed by atoms with Crippen LogP contribution in [0, 0.1) is 6.92 Å². The molecule has 0 bridgehead atoms. The molecule has 0 aliphatic carbocycles. The largest absolute Gasteiger partial charge is 0.485 e. The minimum atomic E-state index is 0.320. The van der Waals surface area contributed by atoms with Crippen LogP contribution in [0.4, 0.5) is 5.82 Å². The van der Waals surface area contributed by atoms with Crippen LogP contribution in [0.25, 0.3) is 11.0 Å². The maximum atomic E-state index is 5.81. The Morgan fingerprint density at radius 3 is 2.81 bits per heavy atom. The number of aromatic nitrogens is 4. The number of nitrogens with one attached hydrogen (secondary N) is 1. The van der Waals surface area contributed by atoms with Gasteiger partial charge in [-0.3, -0.25) is 4.68 Å². The lowest BCUT2D eigenvalue weighted by Crippen LogP contribution is -2.06. The second kappa shape index (κ2) is 5.40. The van der Waals surface area contributed by atoms with Crippen LogP contribution in [0.1, 0.15) is 11.4 Å². The predicted molar refractivity (Wildman–Crippen MR) is 81.4 cm³/mol. The Kier molecular flexibility index (Phi) is 3.43. The fourth-order valence-electron chi connectivity index (χ4n) is 2.18. The molecule has 3 rings (SSSR count). The summed E-state index contributed by atoms with van der Waals surface area (Å²) in [4.78, 5) is 8.99. The summed E-state index contributed by atoms with van der Waals surface area (Å²) < 4.78 is 7.54. The molecule has 108 valence electrons. The van der Waals surface area contributed by atoms with E-state index in [1.165, 1.54) is 0 Å². The second-order valence-corrected chi connectivity index (χ2v) is 4.80. The third kappa shape index (κ3) is 2.52. The van der Waals surface area contributed by atoms with E-state index in [4.69, 9.17) is 4.74 Å². The van der Waals surface area contributed by atoms with Crippen LogP contribution < -0.4 is 10.1 Å². The summed E-state index contributed by atoms with van der Waals surface area (Å²) in [6.45, 7) is 2.33. The summed E-state index contributed by atoms with van der Waals surface area (Å²) in [6.07, 6.45) is 1.76. The topological polar surface area (TPSA) is 64.9 Å². The summed E-state index contributed by atoms with van der Waals surface area (Å²) in [5, 5.41) is 8.19. The second-order valence-electron chi connectivity index (χ2n) is 4.80. The predicted octanol–water partition coefficient (Wildman–Crippen LogP) is 2.29. The number of hydrogen-bond donors (Lipinski definition) is 1. The highest BCUT2D eigenvalue weighted by atomic mass is 16.5. The van der Waals surface area contributed by atoms with Gasteiger partial charge in [-0.15, -0.1) is 0 Å². The highest BCUT2D eigenvalue weighted by Crippen LogP contribution is 2.21. The Morgan fingerprint density at radius 1 is 1.24 bits per heavy atom. The molecule has 0 fully saturated rings. The molecule has 21 heavy (non-hydrogen) atoms. The van der Waals surface area contributed by atoms with Gasteiger partial charge in [0.15, 0.2) is 11.5 Å². The number of ether oxygens (including phenoxy) is 1.